The van der Waals surface area contributed by atoms with Crippen molar-refractivity contribution in [1.29, 1.82) is 0 Å². The molecule has 3 N–H and O–H groups in total. The number of aryl methyl sites for hydroxylation is 1. The molecule has 4 nitrogen and oxygen atoms in total. The summed E-state index contributed by atoms with van der Waals surface area (Å²) in [6.07, 6.45) is 3.91. The number of hydrogen-bond donors (Lipinski definition) is 3. The Morgan fingerprint density at radius 3 is 2.35 bits per heavy atom. The summed E-state index contributed by atoms with van der Waals surface area (Å²) in [5, 5.41) is 15.2. The van der Waals surface area contributed by atoms with E-state index in [4.69, 9.17) is 5.11 Å². The Kier molecular flexibility index (Phi) is 6.05. The van der Waals surface area contributed by atoms with Gasteiger partial charge in [0.25, 0.3) is 0 Å². The van der Waals surface area contributed by atoms with Gasteiger partial charge in [0.05, 0.1) is 0 Å². The molecule has 0 bridgehead atoms. The van der Waals surface area contributed by atoms with Crippen LogP contribution in [-0.4, -0.2) is 30.3 Å². The first-order valence-corrected chi connectivity index (χ1v) is 8.63. The predicted molar refractivity (Wildman–Crippen MR) is 93.6 cm³/mol. The minimum atomic E-state index is -0.0976. The van der Waals surface area contributed by atoms with Crippen LogP contribution in [0.4, 0.5) is 4.79 Å². The lowest BCUT2D eigenvalue weighted by atomic mass is 9.84. The first-order chi connectivity index (χ1) is 10.9. The molecule has 0 spiro atoms. The normalized spacial score (nSPS) is 21.7. The van der Waals surface area contributed by atoms with Crippen LogP contribution < -0.4 is 10.6 Å². The maximum atomic E-state index is 12.1. The molecule has 0 aliphatic heterocycles. The number of aliphatic hydroxyl groups excluding tert-OH is 1. The molecule has 0 unspecified atom stereocenters. The van der Waals surface area contributed by atoms with Gasteiger partial charge >= 0.3 is 6.03 Å². The Balaban J connectivity index is 1.78. The van der Waals surface area contributed by atoms with Crippen molar-refractivity contribution >= 4 is 6.03 Å². The fourth-order valence-corrected chi connectivity index (χ4v) is 3.13. The molecule has 4 heteroatoms. The highest BCUT2D eigenvalue weighted by atomic mass is 16.3. The van der Waals surface area contributed by atoms with Crippen molar-refractivity contribution in [3.05, 3.63) is 35.4 Å². The molecular weight excluding hydrogens is 288 g/mol. The Hall–Kier alpha value is -1.55. The van der Waals surface area contributed by atoms with Crippen molar-refractivity contribution < 1.29 is 9.90 Å². The highest BCUT2D eigenvalue weighted by molar-refractivity contribution is 5.74. The van der Waals surface area contributed by atoms with Gasteiger partial charge in [-0.2, -0.15) is 0 Å². The molecule has 23 heavy (non-hydrogen) atoms. The molecule has 1 aromatic carbocycles. The SMILES string of the molecule is Cc1ccc(C(C)(C)CNC(=O)NC2CCC(CO)CC2)cc1. The minimum Gasteiger partial charge on any atom is -0.396 e. The molecule has 1 aromatic rings. The van der Waals surface area contributed by atoms with Crippen LogP contribution in [0.3, 0.4) is 0 Å². The highest BCUT2D eigenvalue weighted by Crippen LogP contribution is 2.24. The third kappa shape index (κ3) is 5.24. The number of urea groups is 1. The maximum absolute atomic E-state index is 12.1. The predicted octanol–water partition coefficient (Wildman–Crippen LogP) is 3.12. The standard InChI is InChI=1S/C19H30N2O2/c1-14-4-8-16(9-5-14)19(2,3)13-20-18(23)21-17-10-6-15(12-22)7-11-17/h4-5,8-9,15,17,22H,6-7,10-13H2,1-3H3,(H2,20,21,23). The molecule has 0 aromatic heterocycles. The van der Waals surface area contributed by atoms with Crippen LogP contribution in [0.2, 0.25) is 0 Å². The van der Waals surface area contributed by atoms with E-state index in [2.05, 4.69) is 55.7 Å². The van der Waals surface area contributed by atoms with Gasteiger partial charge in [-0.1, -0.05) is 43.7 Å². The van der Waals surface area contributed by atoms with E-state index >= 15 is 0 Å². The Morgan fingerprint density at radius 2 is 1.78 bits per heavy atom. The van der Waals surface area contributed by atoms with Crippen molar-refractivity contribution in [1.82, 2.24) is 10.6 Å². The van der Waals surface area contributed by atoms with E-state index in [9.17, 15) is 4.79 Å². The van der Waals surface area contributed by atoms with Gasteiger partial charge in [-0.3, -0.25) is 0 Å². The number of carbonyl (C=O) groups excluding carboxylic acids is 1. The van der Waals surface area contributed by atoms with Crippen LogP contribution in [-0.2, 0) is 5.41 Å². The first kappa shape index (κ1) is 17.8. The summed E-state index contributed by atoms with van der Waals surface area (Å²) in [5.41, 5.74) is 2.38. The second-order valence-electron chi connectivity index (χ2n) is 7.48. The van der Waals surface area contributed by atoms with Crippen LogP contribution in [0.5, 0.6) is 0 Å². The van der Waals surface area contributed by atoms with E-state index in [1.807, 2.05) is 0 Å². The quantitative estimate of drug-likeness (QED) is 0.781. The van der Waals surface area contributed by atoms with Crippen molar-refractivity contribution in [2.45, 2.75) is 57.9 Å². The van der Waals surface area contributed by atoms with Gasteiger partial charge < -0.3 is 15.7 Å². The molecule has 1 aliphatic rings. The number of hydrogen-bond acceptors (Lipinski definition) is 2. The fraction of sp³-hybridized carbons (Fsp3) is 0.632. The molecule has 1 aliphatic carbocycles. The van der Waals surface area contributed by atoms with E-state index in [1.54, 1.807) is 0 Å². The Labute approximate surface area is 139 Å². The zero-order valence-electron chi connectivity index (χ0n) is 14.6. The summed E-state index contributed by atoms with van der Waals surface area (Å²) in [4.78, 5) is 12.1. The average Bonchev–Trinajstić information content (AvgIpc) is 2.54. The van der Waals surface area contributed by atoms with Crippen LogP contribution in [0.25, 0.3) is 0 Å². The van der Waals surface area contributed by atoms with Gasteiger partial charge in [0, 0.05) is 24.6 Å². The molecule has 2 amide bonds. The summed E-state index contributed by atoms with van der Waals surface area (Å²) in [6.45, 7) is 7.24. The second kappa shape index (κ2) is 7.82. The van der Waals surface area contributed by atoms with E-state index in [1.165, 1.54) is 11.1 Å². The Bertz CT molecular complexity index is 503. The second-order valence-corrected chi connectivity index (χ2v) is 7.48. The van der Waals surface area contributed by atoms with Gasteiger partial charge in [-0.15, -0.1) is 0 Å². The Morgan fingerprint density at radius 1 is 1.17 bits per heavy atom. The van der Waals surface area contributed by atoms with Gasteiger partial charge in [0.1, 0.15) is 0 Å². The van der Waals surface area contributed by atoms with Crippen molar-refractivity contribution in [3.63, 3.8) is 0 Å². The number of carbonyl (C=O) groups is 1. The van der Waals surface area contributed by atoms with Gasteiger partial charge in [-0.25, -0.2) is 4.79 Å². The average molecular weight is 318 g/mol. The topological polar surface area (TPSA) is 61.4 Å². The number of amides is 2. The van der Waals surface area contributed by atoms with Gasteiger partial charge in [0.15, 0.2) is 0 Å². The van der Waals surface area contributed by atoms with Crippen molar-refractivity contribution in [2.75, 3.05) is 13.2 Å². The number of rotatable bonds is 5. The molecule has 1 saturated carbocycles. The third-order valence-electron chi connectivity index (χ3n) is 4.96. The first-order valence-electron chi connectivity index (χ1n) is 8.63. The highest BCUT2D eigenvalue weighted by Gasteiger charge is 2.24. The summed E-state index contributed by atoms with van der Waals surface area (Å²) in [7, 11) is 0. The number of benzene rings is 1. The number of aliphatic hydroxyl groups is 1. The van der Waals surface area contributed by atoms with Crippen molar-refractivity contribution in [2.24, 2.45) is 5.92 Å². The molecule has 2 rings (SSSR count). The van der Waals surface area contributed by atoms with E-state index in [0.29, 0.717) is 12.5 Å². The third-order valence-corrected chi connectivity index (χ3v) is 4.96. The van der Waals surface area contributed by atoms with Crippen LogP contribution in [0.1, 0.15) is 50.7 Å². The maximum Gasteiger partial charge on any atom is 0.315 e. The fourth-order valence-electron chi connectivity index (χ4n) is 3.13. The monoisotopic (exact) mass is 318 g/mol. The molecule has 1 fully saturated rings. The van der Waals surface area contributed by atoms with Crippen LogP contribution in [0, 0.1) is 12.8 Å². The number of nitrogens with one attached hydrogen (secondary N) is 2. The summed E-state index contributed by atoms with van der Waals surface area (Å²) < 4.78 is 0. The summed E-state index contributed by atoms with van der Waals surface area (Å²) in [5.74, 6) is 0.414. The molecule has 0 radical (unpaired) electrons. The minimum absolute atomic E-state index is 0.0855. The van der Waals surface area contributed by atoms with Gasteiger partial charge in [-0.05, 0) is 44.1 Å². The summed E-state index contributed by atoms with van der Waals surface area (Å²) in [6, 6.07) is 8.63. The zero-order valence-corrected chi connectivity index (χ0v) is 14.6. The van der Waals surface area contributed by atoms with E-state index in [-0.39, 0.29) is 24.1 Å². The molecule has 0 saturated heterocycles. The smallest absolute Gasteiger partial charge is 0.315 e. The molecule has 0 atom stereocenters. The molecular formula is C19H30N2O2. The zero-order chi connectivity index (χ0) is 16.9. The van der Waals surface area contributed by atoms with Gasteiger partial charge in [0.2, 0.25) is 0 Å². The van der Waals surface area contributed by atoms with Crippen molar-refractivity contribution in [3.8, 4) is 0 Å². The van der Waals surface area contributed by atoms with Crippen LogP contribution in [0.15, 0.2) is 24.3 Å². The van der Waals surface area contributed by atoms with E-state index in [0.717, 1.165) is 25.7 Å². The molecule has 0 heterocycles. The van der Waals surface area contributed by atoms with Crippen LogP contribution >= 0.6 is 0 Å². The lowest BCUT2D eigenvalue weighted by Gasteiger charge is -2.29. The lowest BCUT2D eigenvalue weighted by molar-refractivity contribution is 0.174. The molecule has 128 valence electrons. The summed E-state index contributed by atoms with van der Waals surface area (Å²) >= 11 is 0. The lowest BCUT2D eigenvalue weighted by Crippen LogP contribution is -2.47. The van der Waals surface area contributed by atoms with E-state index < -0.39 is 0 Å². The largest absolute Gasteiger partial charge is 0.396 e.